The summed E-state index contributed by atoms with van der Waals surface area (Å²) < 4.78 is 5.43. The van der Waals surface area contributed by atoms with Crippen LogP contribution in [0.3, 0.4) is 0 Å². The van der Waals surface area contributed by atoms with Crippen LogP contribution in [-0.4, -0.2) is 57.2 Å². The fourth-order valence-corrected chi connectivity index (χ4v) is 3.48. The van der Waals surface area contributed by atoms with Gasteiger partial charge in [-0.2, -0.15) is 0 Å². The minimum atomic E-state index is -0.0830. The van der Waals surface area contributed by atoms with Crippen LogP contribution in [0.15, 0.2) is 29.3 Å². The van der Waals surface area contributed by atoms with Gasteiger partial charge in [-0.05, 0) is 24.5 Å². The third-order valence-electron chi connectivity index (χ3n) is 4.76. The lowest BCUT2D eigenvalue weighted by Crippen LogP contribution is -2.42. The number of rotatable bonds is 5. The molecule has 0 bridgehead atoms. The molecule has 130 valence electrons. The number of amides is 1. The fraction of sp³-hybridized carbons (Fsp3) is 0.556. The molecule has 0 radical (unpaired) electrons. The van der Waals surface area contributed by atoms with Gasteiger partial charge < -0.3 is 20.3 Å². The summed E-state index contributed by atoms with van der Waals surface area (Å²) in [6.07, 6.45) is 1.86. The molecule has 0 aliphatic carbocycles. The van der Waals surface area contributed by atoms with Gasteiger partial charge in [-0.3, -0.25) is 9.79 Å². The minimum Gasteiger partial charge on any atom is -0.381 e. The van der Waals surface area contributed by atoms with E-state index in [1.54, 1.807) is 7.05 Å². The molecular formula is C18H26N4O2. The Morgan fingerprint density at radius 2 is 2.29 bits per heavy atom. The molecule has 24 heavy (non-hydrogen) atoms. The van der Waals surface area contributed by atoms with Crippen LogP contribution in [0.25, 0.3) is 0 Å². The van der Waals surface area contributed by atoms with Crippen molar-refractivity contribution in [3.05, 3.63) is 29.8 Å². The molecule has 6 heteroatoms. The van der Waals surface area contributed by atoms with Gasteiger partial charge in [0.1, 0.15) is 0 Å². The summed E-state index contributed by atoms with van der Waals surface area (Å²) in [6, 6.07) is 7.91. The lowest BCUT2D eigenvalue weighted by Gasteiger charge is -2.24. The molecule has 2 N–H and O–H groups in total. The van der Waals surface area contributed by atoms with E-state index in [4.69, 9.17) is 4.74 Å². The molecule has 3 rings (SSSR count). The van der Waals surface area contributed by atoms with Gasteiger partial charge in [-0.15, -0.1) is 0 Å². The van der Waals surface area contributed by atoms with E-state index in [0.29, 0.717) is 12.5 Å². The molecule has 2 aliphatic heterocycles. The molecule has 1 aromatic rings. The van der Waals surface area contributed by atoms with E-state index in [0.717, 1.165) is 49.8 Å². The average molecular weight is 330 g/mol. The van der Waals surface area contributed by atoms with Crippen molar-refractivity contribution in [1.82, 2.24) is 10.2 Å². The number of carbonyl (C=O) groups excluding carboxylic acids is 1. The van der Waals surface area contributed by atoms with Crippen molar-refractivity contribution in [2.75, 3.05) is 45.7 Å². The summed E-state index contributed by atoms with van der Waals surface area (Å²) in [6.45, 7) is 3.35. The number of nitrogens with one attached hydrogen (secondary N) is 2. The summed E-state index contributed by atoms with van der Waals surface area (Å²) in [4.78, 5) is 18.6. The molecule has 1 aromatic carbocycles. The number of hydrogen-bond acceptors (Lipinski definition) is 3. The molecule has 6 nitrogen and oxygen atoms in total. The standard InChI is InChI=1S/C18H26N4O2/c1-19-18(22(2)11-13-8-10-24-12-13)20-9-7-15-14-5-3-4-6-16(14)21-17(15)23/h3-6,13,15H,7-12H2,1-2H3,(H,19,20)(H,21,23). The number of benzene rings is 1. The lowest BCUT2D eigenvalue weighted by atomic mass is 9.97. The van der Waals surface area contributed by atoms with E-state index in [9.17, 15) is 4.79 Å². The number of guanidine groups is 1. The SMILES string of the molecule is CN=C(NCCC1C(=O)Nc2ccccc21)N(C)CC1CCOC1. The van der Waals surface area contributed by atoms with E-state index in [2.05, 4.69) is 20.5 Å². The number of carbonyl (C=O) groups is 1. The lowest BCUT2D eigenvalue weighted by molar-refractivity contribution is -0.117. The van der Waals surface area contributed by atoms with Crippen LogP contribution in [-0.2, 0) is 9.53 Å². The molecule has 2 atom stereocenters. The second-order valence-electron chi connectivity index (χ2n) is 6.50. The van der Waals surface area contributed by atoms with Crippen molar-refractivity contribution in [2.24, 2.45) is 10.9 Å². The predicted molar refractivity (Wildman–Crippen MR) is 95.3 cm³/mol. The summed E-state index contributed by atoms with van der Waals surface area (Å²) in [5.41, 5.74) is 2.03. The summed E-state index contributed by atoms with van der Waals surface area (Å²) in [7, 11) is 3.84. The zero-order valence-corrected chi connectivity index (χ0v) is 14.4. The molecule has 2 unspecified atom stereocenters. The molecule has 0 aromatic heterocycles. The second kappa shape index (κ2) is 7.66. The Morgan fingerprint density at radius 3 is 3.04 bits per heavy atom. The maximum Gasteiger partial charge on any atom is 0.232 e. The number of ether oxygens (including phenoxy) is 1. The van der Waals surface area contributed by atoms with Crippen LogP contribution in [0, 0.1) is 5.92 Å². The zero-order valence-electron chi connectivity index (χ0n) is 14.4. The molecule has 0 saturated carbocycles. The summed E-state index contributed by atoms with van der Waals surface area (Å²) in [5.74, 6) is 1.44. The minimum absolute atomic E-state index is 0.0830. The number of aliphatic imine (C=N–C) groups is 1. The van der Waals surface area contributed by atoms with Gasteiger partial charge in [-0.1, -0.05) is 18.2 Å². The van der Waals surface area contributed by atoms with Gasteiger partial charge in [0.15, 0.2) is 5.96 Å². The number of anilines is 1. The van der Waals surface area contributed by atoms with Crippen molar-refractivity contribution < 1.29 is 9.53 Å². The molecule has 2 aliphatic rings. The highest BCUT2D eigenvalue weighted by Crippen LogP contribution is 2.33. The highest BCUT2D eigenvalue weighted by molar-refractivity contribution is 6.02. The third-order valence-corrected chi connectivity index (χ3v) is 4.76. The van der Waals surface area contributed by atoms with Gasteiger partial charge in [0.2, 0.25) is 5.91 Å². The molecule has 2 heterocycles. The smallest absolute Gasteiger partial charge is 0.232 e. The van der Waals surface area contributed by atoms with E-state index >= 15 is 0 Å². The third kappa shape index (κ3) is 3.70. The molecular weight excluding hydrogens is 304 g/mol. The summed E-state index contributed by atoms with van der Waals surface area (Å²) >= 11 is 0. The molecule has 1 fully saturated rings. The first kappa shape index (κ1) is 16.8. The van der Waals surface area contributed by atoms with Gasteiger partial charge in [0.25, 0.3) is 0 Å². The van der Waals surface area contributed by atoms with Crippen LogP contribution in [0.5, 0.6) is 0 Å². The van der Waals surface area contributed by atoms with Gasteiger partial charge in [0.05, 0.1) is 12.5 Å². The normalized spacial score (nSPS) is 23.1. The Bertz CT molecular complexity index is 611. The number of nitrogens with zero attached hydrogens (tertiary/aromatic N) is 2. The molecule has 1 saturated heterocycles. The average Bonchev–Trinajstić information content (AvgIpc) is 3.19. The van der Waals surface area contributed by atoms with Crippen LogP contribution in [0.4, 0.5) is 5.69 Å². The van der Waals surface area contributed by atoms with Crippen LogP contribution in [0.1, 0.15) is 24.3 Å². The van der Waals surface area contributed by atoms with Crippen LogP contribution in [0.2, 0.25) is 0 Å². The van der Waals surface area contributed by atoms with Crippen LogP contribution >= 0.6 is 0 Å². The molecule has 0 spiro atoms. The quantitative estimate of drug-likeness (QED) is 0.636. The number of hydrogen-bond donors (Lipinski definition) is 2. The first-order valence-electron chi connectivity index (χ1n) is 8.58. The largest absolute Gasteiger partial charge is 0.381 e. The van der Waals surface area contributed by atoms with E-state index in [-0.39, 0.29) is 11.8 Å². The maximum absolute atomic E-state index is 12.1. The Labute approximate surface area is 143 Å². The predicted octanol–water partition coefficient (Wildman–Crippen LogP) is 1.66. The van der Waals surface area contributed by atoms with E-state index in [1.165, 1.54) is 0 Å². The van der Waals surface area contributed by atoms with Gasteiger partial charge >= 0.3 is 0 Å². The second-order valence-corrected chi connectivity index (χ2v) is 6.50. The zero-order chi connectivity index (χ0) is 16.9. The monoisotopic (exact) mass is 330 g/mol. The van der Waals surface area contributed by atoms with Crippen LogP contribution < -0.4 is 10.6 Å². The van der Waals surface area contributed by atoms with Crippen molar-refractivity contribution in [3.63, 3.8) is 0 Å². The maximum atomic E-state index is 12.1. The topological polar surface area (TPSA) is 66.0 Å². The van der Waals surface area contributed by atoms with E-state index < -0.39 is 0 Å². The Balaban J connectivity index is 1.50. The van der Waals surface area contributed by atoms with Gasteiger partial charge in [-0.25, -0.2) is 0 Å². The summed E-state index contributed by atoms with van der Waals surface area (Å²) in [5, 5.41) is 6.33. The fourth-order valence-electron chi connectivity index (χ4n) is 3.48. The number of fused-ring (bicyclic) bond motifs is 1. The van der Waals surface area contributed by atoms with Crippen molar-refractivity contribution in [1.29, 1.82) is 0 Å². The van der Waals surface area contributed by atoms with E-state index in [1.807, 2.05) is 31.3 Å². The Hall–Kier alpha value is -2.08. The number of para-hydroxylation sites is 1. The van der Waals surface area contributed by atoms with Gasteiger partial charge in [0, 0.05) is 45.4 Å². The van der Waals surface area contributed by atoms with Crippen molar-refractivity contribution in [3.8, 4) is 0 Å². The first-order chi connectivity index (χ1) is 11.7. The van der Waals surface area contributed by atoms with Crippen molar-refractivity contribution >= 4 is 17.6 Å². The van der Waals surface area contributed by atoms with Crippen molar-refractivity contribution in [2.45, 2.75) is 18.8 Å². The highest BCUT2D eigenvalue weighted by atomic mass is 16.5. The Morgan fingerprint density at radius 1 is 1.46 bits per heavy atom. The molecule has 1 amide bonds. The highest BCUT2D eigenvalue weighted by Gasteiger charge is 2.29. The Kier molecular flexibility index (Phi) is 5.35. The first-order valence-corrected chi connectivity index (χ1v) is 8.58.